The Balaban J connectivity index is 1.51. The lowest BCUT2D eigenvalue weighted by molar-refractivity contribution is 0.0983. The zero-order chi connectivity index (χ0) is 18.4. The third-order valence-corrected chi connectivity index (χ3v) is 5.04. The van der Waals surface area contributed by atoms with Crippen LogP contribution < -0.4 is 10.2 Å². The first-order chi connectivity index (χ1) is 12.7. The number of ether oxygens (including phenoxy) is 1. The molecule has 1 aromatic heterocycles. The average Bonchev–Trinajstić information content (AvgIpc) is 2.69. The molecule has 0 aromatic carbocycles. The Bertz CT molecular complexity index is 584. The summed E-state index contributed by atoms with van der Waals surface area (Å²) in [4.78, 5) is 22.9. The lowest BCUT2D eigenvalue weighted by Gasteiger charge is -2.34. The number of piperazine rings is 1. The molecule has 0 atom stereocenters. The molecule has 3 heterocycles. The van der Waals surface area contributed by atoms with Gasteiger partial charge in [-0.2, -0.15) is 10.1 Å². The zero-order valence-electron chi connectivity index (χ0n) is 15.7. The van der Waals surface area contributed by atoms with Crippen LogP contribution in [-0.4, -0.2) is 89.5 Å². The third-order valence-electron chi connectivity index (χ3n) is 5.04. The number of likely N-dealkylation sites (N-methyl/N-ethyl adjacent to an activating group) is 1. The molecule has 2 aliphatic rings. The molecule has 26 heavy (non-hydrogen) atoms. The SMILES string of the molecule is CCOC(=O)N1CCC(Nc2nncc(N3CCN(CC)CC3)n2)CC1. The first-order valence-corrected chi connectivity index (χ1v) is 9.54. The molecule has 2 saturated heterocycles. The van der Waals surface area contributed by atoms with Crippen LogP contribution in [0.5, 0.6) is 0 Å². The smallest absolute Gasteiger partial charge is 0.409 e. The number of aromatic nitrogens is 3. The Morgan fingerprint density at radius 1 is 1.19 bits per heavy atom. The van der Waals surface area contributed by atoms with Gasteiger partial charge in [-0.1, -0.05) is 6.92 Å². The largest absolute Gasteiger partial charge is 0.450 e. The second-order valence-corrected chi connectivity index (χ2v) is 6.66. The van der Waals surface area contributed by atoms with Gasteiger partial charge in [0.05, 0.1) is 12.8 Å². The maximum absolute atomic E-state index is 11.8. The van der Waals surface area contributed by atoms with Crippen molar-refractivity contribution in [3.05, 3.63) is 6.20 Å². The number of hydrogen-bond donors (Lipinski definition) is 1. The molecule has 2 fully saturated rings. The fourth-order valence-electron chi connectivity index (χ4n) is 3.41. The minimum Gasteiger partial charge on any atom is -0.450 e. The number of likely N-dealkylation sites (tertiary alicyclic amines) is 1. The Labute approximate surface area is 154 Å². The van der Waals surface area contributed by atoms with Crippen molar-refractivity contribution in [2.24, 2.45) is 0 Å². The van der Waals surface area contributed by atoms with Crippen molar-refractivity contribution in [2.75, 3.05) is 62.6 Å². The molecule has 144 valence electrons. The van der Waals surface area contributed by atoms with E-state index in [1.54, 1.807) is 11.1 Å². The van der Waals surface area contributed by atoms with E-state index in [1.165, 1.54) is 0 Å². The van der Waals surface area contributed by atoms with Gasteiger partial charge in [0.25, 0.3) is 0 Å². The molecule has 0 saturated carbocycles. The molecule has 1 amide bonds. The van der Waals surface area contributed by atoms with Crippen LogP contribution in [-0.2, 0) is 4.74 Å². The van der Waals surface area contributed by atoms with Crippen LogP contribution in [0.3, 0.4) is 0 Å². The Kier molecular flexibility index (Phi) is 6.43. The summed E-state index contributed by atoms with van der Waals surface area (Å²) >= 11 is 0. The van der Waals surface area contributed by atoms with Gasteiger partial charge in [-0.25, -0.2) is 4.79 Å². The molecule has 0 spiro atoms. The van der Waals surface area contributed by atoms with E-state index in [4.69, 9.17) is 4.74 Å². The van der Waals surface area contributed by atoms with Gasteiger partial charge in [-0.15, -0.1) is 5.10 Å². The van der Waals surface area contributed by atoms with Gasteiger partial charge in [0, 0.05) is 45.3 Å². The van der Waals surface area contributed by atoms with Crippen LogP contribution in [0.4, 0.5) is 16.6 Å². The summed E-state index contributed by atoms with van der Waals surface area (Å²) in [6.07, 6.45) is 3.20. The lowest BCUT2D eigenvalue weighted by atomic mass is 10.1. The highest BCUT2D eigenvalue weighted by atomic mass is 16.6. The molecule has 0 unspecified atom stereocenters. The van der Waals surface area contributed by atoms with Crippen molar-refractivity contribution in [1.82, 2.24) is 25.0 Å². The fraction of sp³-hybridized carbons (Fsp3) is 0.765. The summed E-state index contributed by atoms with van der Waals surface area (Å²) in [5.41, 5.74) is 0. The van der Waals surface area contributed by atoms with Crippen LogP contribution >= 0.6 is 0 Å². The number of nitrogens with zero attached hydrogens (tertiary/aromatic N) is 6. The van der Waals surface area contributed by atoms with Crippen LogP contribution in [0.15, 0.2) is 6.20 Å². The van der Waals surface area contributed by atoms with Crippen LogP contribution in [0.1, 0.15) is 26.7 Å². The van der Waals surface area contributed by atoms with Gasteiger partial charge in [0.15, 0.2) is 5.82 Å². The van der Waals surface area contributed by atoms with E-state index < -0.39 is 0 Å². The molecule has 9 heteroatoms. The van der Waals surface area contributed by atoms with E-state index in [-0.39, 0.29) is 12.1 Å². The highest BCUT2D eigenvalue weighted by Gasteiger charge is 2.24. The van der Waals surface area contributed by atoms with E-state index in [2.05, 4.69) is 37.2 Å². The summed E-state index contributed by atoms with van der Waals surface area (Å²) in [5, 5.41) is 11.6. The molecule has 0 bridgehead atoms. The van der Waals surface area contributed by atoms with Crippen molar-refractivity contribution < 1.29 is 9.53 Å². The summed E-state index contributed by atoms with van der Waals surface area (Å²) in [7, 11) is 0. The van der Waals surface area contributed by atoms with Gasteiger partial charge >= 0.3 is 6.09 Å². The summed E-state index contributed by atoms with van der Waals surface area (Å²) < 4.78 is 5.06. The number of rotatable bonds is 5. The quantitative estimate of drug-likeness (QED) is 0.831. The lowest BCUT2D eigenvalue weighted by Crippen LogP contribution is -2.46. The number of nitrogens with one attached hydrogen (secondary N) is 1. The Morgan fingerprint density at radius 3 is 2.58 bits per heavy atom. The van der Waals surface area contributed by atoms with E-state index in [0.29, 0.717) is 25.6 Å². The Morgan fingerprint density at radius 2 is 1.92 bits per heavy atom. The predicted octanol–water partition coefficient (Wildman–Crippen LogP) is 1.05. The fourth-order valence-corrected chi connectivity index (χ4v) is 3.41. The third kappa shape index (κ3) is 4.72. The number of piperidine rings is 1. The molecule has 0 aliphatic carbocycles. The molecule has 9 nitrogen and oxygen atoms in total. The second kappa shape index (κ2) is 8.98. The zero-order valence-corrected chi connectivity index (χ0v) is 15.7. The van der Waals surface area contributed by atoms with E-state index in [0.717, 1.165) is 51.4 Å². The van der Waals surface area contributed by atoms with Crippen LogP contribution in [0.2, 0.25) is 0 Å². The van der Waals surface area contributed by atoms with E-state index in [1.807, 2.05) is 6.92 Å². The summed E-state index contributed by atoms with van der Waals surface area (Å²) in [5.74, 6) is 1.44. The number of amides is 1. The van der Waals surface area contributed by atoms with Gasteiger partial charge in [0.1, 0.15) is 0 Å². The van der Waals surface area contributed by atoms with Gasteiger partial charge in [-0.3, -0.25) is 0 Å². The number of carbonyl (C=O) groups excluding carboxylic acids is 1. The maximum atomic E-state index is 11.8. The molecular formula is C17H29N7O2. The number of carbonyl (C=O) groups is 1. The first-order valence-electron chi connectivity index (χ1n) is 9.54. The second-order valence-electron chi connectivity index (χ2n) is 6.66. The summed E-state index contributed by atoms with van der Waals surface area (Å²) in [6, 6.07) is 0.245. The van der Waals surface area contributed by atoms with Crippen molar-refractivity contribution in [2.45, 2.75) is 32.7 Å². The molecule has 3 rings (SSSR count). The highest BCUT2D eigenvalue weighted by molar-refractivity contribution is 5.67. The molecule has 0 radical (unpaired) electrons. The minimum atomic E-state index is -0.225. The Hall–Kier alpha value is -2.16. The molecular weight excluding hydrogens is 334 g/mol. The number of hydrogen-bond acceptors (Lipinski definition) is 8. The van der Waals surface area contributed by atoms with Crippen molar-refractivity contribution >= 4 is 17.9 Å². The highest BCUT2D eigenvalue weighted by Crippen LogP contribution is 2.17. The van der Waals surface area contributed by atoms with Crippen molar-refractivity contribution in [3.63, 3.8) is 0 Å². The van der Waals surface area contributed by atoms with Gasteiger partial charge in [-0.05, 0) is 26.3 Å². The normalized spacial score (nSPS) is 19.5. The van der Waals surface area contributed by atoms with Crippen LogP contribution in [0, 0.1) is 0 Å². The first kappa shape index (κ1) is 18.6. The standard InChI is InChI=1S/C17H29N7O2/c1-3-22-9-11-23(12-10-22)15-13-18-21-16(20-15)19-14-5-7-24(8-6-14)17(25)26-4-2/h13-14H,3-12H2,1-2H3,(H,19,20,21). The van der Waals surface area contributed by atoms with E-state index >= 15 is 0 Å². The predicted molar refractivity (Wildman–Crippen MR) is 99.4 cm³/mol. The van der Waals surface area contributed by atoms with Gasteiger partial charge in [0.2, 0.25) is 5.95 Å². The minimum absolute atomic E-state index is 0.225. The van der Waals surface area contributed by atoms with Crippen LogP contribution in [0.25, 0.3) is 0 Å². The number of anilines is 2. The topological polar surface area (TPSA) is 86.7 Å². The molecule has 1 N–H and O–H groups in total. The molecule has 1 aromatic rings. The van der Waals surface area contributed by atoms with Crippen molar-refractivity contribution in [1.29, 1.82) is 0 Å². The summed E-state index contributed by atoms with van der Waals surface area (Å²) in [6.45, 7) is 10.9. The van der Waals surface area contributed by atoms with Gasteiger partial charge < -0.3 is 24.8 Å². The maximum Gasteiger partial charge on any atom is 0.409 e. The average molecular weight is 363 g/mol. The molecule has 2 aliphatic heterocycles. The van der Waals surface area contributed by atoms with E-state index in [9.17, 15) is 4.79 Å². The monoisotopic (exact) mass is 363 g/mol. The van der Waals surface area contributed by atoms with Crippen molar-refractivity contribution in [3.8, 4) is 0 Å².